The second kappa shape index (κ2) is 10.3. The van der Waals surface area contributed by atoms with Crippen molar-refractivity contribution in [1.29, 1.82) is 0 Å². The van der Waals surface area contributed by atoms with Crippen molar-refractivity contribution >= 4 is 29.8 Å². The molecule has 4 aliphatic rings. The molecule has 0 aromatic heterocycles. The molecule has 4 atom stereocenters. The molecule has 8 N–H and O–H groups in total. The van der Waals surface area contributed by atoms with Crippen LogP contribution in [0.25, 0.3) is 0 Å². The summed E-state index contributed by atoms with van der Waals surface area (Å²) in [4.78, 5) is 48.8. The minimum atomic E-state index is -2.75. The number of aliphatic imine (C=N–C) groups is 2. The fraction of sp³-hybridized carbons (Fsp3) is 0.393. The zero-order valence-electron chi connectivity index (χ0n) is 22.6. The summed E-state index contributed by atoms with van der Waals surface area (Å²) in [5, 5.41) is 28.7. The Morgan fingerprint density at radius 1 is 1.02 bits per heavy atom. The second-order valence-electron chi connectivity index (χ2n) is 10.8. The van der Waals surface area contributed by atoms with Crippen LogP contribution in [-0.4, -0.2) is 99.1 Å². The zero-order valence-corrected chi connectivity index (χ0v) is 22.6. The van der Waals surface area contributed by atoms with Crippen molar-refractivity contribution in [3.05, 3.63) is 71.8 Å². The lowest BCUT2D eigenvalue weighted by atomic mass is 9.85. The number of hydrogen-bond acceptors (Lipinski definition) is 12. The van der Waals surface area contributed by atoms with Crippen molar-refractivity contribution in [3.63, 3.8) is 0 Å². The van der Waals surface area contributed by atoms with Crippen LogP contribution >= 0.6 is 0 Å². The van der Waals surface area contributed by atoms with E-state index in [9.17, 15) is 24.6 Å². The van der Waals surface area contributed by atoms with E-state index in [4.69, 9.17) is 16.2 Å². The van der Waals surface area contributed by atoms with Crippen molar-refractivity contribution < 1.29 is 29.3 Å². The summed E-state index contributed by atoms with van der Waals surface area (Å²) in [6.45, 7) is -0.227. The average Bonchev–Trinajstić information content (AvgIpc) is 3.57. The van der Waals surface area contributed by atoms with Crippen LogP contribution in [0.1, 0.15) is 29.9 Å². The molecule has 2 fully saturated rings. The largest absolute Gasteiger partial charge is 0.438 e. The smallest absolute Gasteiger partial charge is 0.407 e. The summed E-state index contributed by atoms with van der Waals surface area (Å²) < 4.78 is 5.58. The van der Waals surface area contributed by atoms with Gasteiger partial charge in [0, 0.05) is 25.3 Å². The van der Waals surface area contributed by atoms with Crippen LogP contribution in [0.4, 0.5) is 4.79 Å². The number of rotatable bonds is 7. The molecule has 0 aliphatic carbocycles. The zero-order chi connectivity index (χ0) is 29.6. The number of amides is 3. The molecule has 4 aliphatic heterocycles. The number of likely N-dealkylation sites (tertiary alicyclic amines) is 1. The van der Waals surface area contributed by atoms with Crippen molar-refractivity contribution in [2.45, 2.75) is 48.4 Å². The van der Waals surface area contributed by atoms with Gasteiger partial charge in [-0.1, -0.05) is 60.7 Å². The number of hydrogen-bond donors (Lipinski definition) is 6. The number of benzene rings is 2. The van der Waals surface area contributed by atoms with E-state index in [2.05, 4.69) is 20.6 Å². The Morgan fingerprint density at radius 2 is 1.62 bits per heavy atom. The van der Waals surface area contributed by atoms with Crippen LogP contribution < -0.4 is 22.1 Å². The molecule has 2 aromatic carbocycles. The van der Waals surface area contributed by atoms with Crippen molar-refractivity contribution in [2.75, 3.05) is 19.6 Å². The molecule has 42 heavy (non-hydrogen) atoms. The number of guanidine groups is 2. The highest BCUT2D eigenvalue weighted by Crippen LogP contribution is 2.46. The Hall–Kier alpha value is -4.69. The molecule has 14 nitrogen and oxygen atoms in total. The Kier molecular flexibility index (Phi) is 6.74. The normalized spacial score (nSPS) is 27.7. The Balaban J connectivity index is 1.20. The summed E-state index contributed by atoms with van der Waals surface area (Å²) >= 11 is 0. The van der Waals surface area contributed by atoms with E-state index < -0.39 is 35.7 Å². The third-order valence-electron chi connectivity index (χ3n) is 8.38. The second-order valence-corrected chi connectivity index (χ2v) is 10.8. The summed E-state index contributed by atoms with van der Waals surface area (Å²) in [5.41, 5.74) is 12.4. The lowest BCUT2D eigenvalue weighted by Gasteiger charge is -2.48. The average molecular weight is 577 g/mol. The number of ether oxygens (including phenoxy) is 1. The Labute approximate surface area is 241 Å². The molecule has 2 saturated heterocycles. The van der Waals surface area contributed by atoms with Crippen LogP contribution in [0.3, 0.4) is 0 Å². The maximum Gasteiger partial charge on any atom is 0.407 e. The van der Waals surface area contributed by atoms with Gasteiger partial charge in [0.05, 0.1) is 19.1 Å². The molecule has 6 rings (SSSR count). The van der Waals surface area contributed by atoms with Gasteiger partial charge in [0.15, 0.2) is 23.7 Å². The number of imide groups is 1. The van der Waals surface area contributed by atoms with Gasteiger partial charge in [-0.25, -0.2) is 14.8 Å². The summed E-state index contributed by atoms with van der Waals surface area (Å²) in [6.07, 6.45) is -2.20. The van der Waals surface area contributed by atoms with Crippen molar-refractivity contribution in [1.82, 2.24) is 20.4 Å². The molecule has 14 heteroatoms. The predicted octanol–water partition coefficient (Wildman–Crippen LogP) is -1.26. The summed E-state index contributed by atoms with van der Waals surface area (Å²) in [6, 6.07) is 17.3. The Bertz CT molecular complexity index is 1400. The number of alkyl carbamates (subject to hydrolysis) is 1. The SMILES string of the molecule is NC1=N[C@H]2[C@H](CN3C(=O)CCC3=O)N=C(N)N3C[C@H](OC(=O)NCC(c4ccccc4)c4ccccc4)C(O)(O)[C@]23N1. The standard InChI is InChI=1S/C28H32N8O6/c29-24-33-23-19(14-35-21(37)11-12-22(35)38)32-25(30)36-15-20(28(40,41)27(23,36)34-24)42-26(39)31-13-18(16-7-3-1-4-8-16)17-9-5-2-6-10-17/h1-10,18-20,23,40-41H,11-15H2,(H2,30,32)(H,31,39)(H3,29,33,34)/t19-,20-,23-,27-/m0/s1. The molecule has 0 saturated carbocycles. The maximum atomic E-state index is 13.1. The quantitative estimate of drug-likeness (QED) is 0.170. The lowest BCUT2D eigenvalue weighted by Crippen LogP contribution is -2.77. The monoisotopic (exact) mass is 576 g/mol. The van der Waals surface area contributed by atoms with Crippen LogP contribution in [0, 0.1) is 0 Å². The first-order valence-electron chi connectivity index (χ1n) is 13.7. The fourth-order valence-electron chi connectivity index (χ4n) is 6.34. The molecule has 4 heterocycles. The third kappa shape index (κ3) is 4.39. The van der Waals surface area contributed by atoms with Crippen LogP contribution in [0.15, 0.2) is 70.6 Å². The van der Waals surface area contributed by atoms with E-state index in [0.29, 0.717) is 0 Å². The van der Waals surface area contributed by atoms with E-state index in [0.717, 1.165) is 16.0 Å². The third-order valence-corrected chi connectivity index (χ3v) is 8.38. The minimum Gasteiger partial charge on any atom is -0.438 e. The van der Waals surface area contributed by atoms with Crippen LogP contribution in [0.2, 0.25) is 0 Å². The number of carbonyl (C=O) groups is 3. The van der Waals surface area contributed by atoms with E-state index in [1.807, 2.05) is 60.7 Å². The molecule has 3 amide bonds. The first kappa shape index (κ1) is 27.5. The van der Waals surface area contributed by atoms with E-state index in [-0.39, 0.29) is 62.1 Å². The molecular weight excluding hydrogens is 544 g/mol. The van der Waals surface area contributed by atoms with Gasteiger partial charge in [0.1, 0.15) is 6.04 Å². The minimum absolute atomic E-state index is 0.0840. The number of aliphatic hydroxyl groups is 2. The number of nitrogens with two attached hydrogens (primary N) is 2. The van der Waals surface area contributed by atoms with Gasteiger partial charge < -0.3 is 42.0 Å². The van der Waals surface area contributed by atoms with E-state index >= 15 is 0 Å². The molecule has 220 valence electrons. The maximum absolute atomic E-state index is 13.1. The molecule has 0 bridgehead atoms. The molecule has 0 unspecified atom stereocenters. The first-order chi connectivity index (χ1) is 20.1. The summed E-state index contributed by atoms with van der Waals surface area (Å²) in [7, 11) is 0. The van der Waals surface area contributed by atoms with E-state index in [1.165, 1.54) is 4.90 Å². The van der Waals surface area contributed by atoms with Gasteiger partial charge >= 0.3 is 6.09 Å². The molecule has 1 spiro atoms. The molecule has 0 radical (unpaired) electrons. The topological polar surface area (TPSA) is 208 Å². The van der Waals surface area contributed by atoms with Crippen LogP contribution in [0.5, 0.6) is 0 Å². The highest BCUT2D eigenvalue weighted by atomic mass is 16.6. The number of nitrogens with zero attached hydrogens (tertiary/aromatic N) is 4. The summed E-state index contributed by atoms with van der Waals surface area (Å²) in [5.74, 6) is -3.89. The highest BCUT2D eigenvalue weighted by molar-refractivity contribution is 6.02. The fourth-order valence-corrected chi connectivity index (χ4v) is 6.34. The first-order valence-corrected chi connectivity index (χ1v) is 13.7. The van der Waals surface area contributed by atoms with Crippen molar-refractivity contribution in [3.8, 4) is 0 Å². The van der Waals surface area contributed by atoms with Gasteiger partial charge in [-0.15, -0.1) is 0 Å². The molecular formula is C28H32N8O6. The highest BCUT2D eigenvalue weighted by Gasteiger charge is 2.74. The van der Waals surface area contributed by atoms with E-state index in [1.54, 1.807) is 0 Å². The van der Waals surface area contributed by atoms with Gasteiger partial charge in [0.2, 0.25) is 17.6 Å². The predicted molar refractivity (Wildman–Crippen MR) is 150 cm³/mol. The molecule has 2 aromatic rings. The van der Waals surface area contributed by atoms with Crippen LogP contribution in [-0.2, 0) is 14.3 Å². The van der Waals surface area contributed by atoms with Gasteiger partial charge in [0.25, 0.3) is 0 Å². The van der Waals surface area contributed by atoms with Gasteiger partial charge in [-0.05, 0) is 11.1 Å². The Morgan fingerprint density at radius 3 is 2.21 bits per heavy atom. The lowest BCUT2D eigenvalue weighted by molar-refractivity contribution is -0.256. The number of carbonyl (C=O) groups excluding carboxylic acids is 3. The number of nitrogens with one attached hydrogen (secondary N) is 2. The van der Waals surface area contributed by atoms with Crippen molar-refractivity contribution in [2.24, 2.45) is 21.5 Å². The van der Waals surface area contributed by atoms with Gasteiger partial charge in [-0.3, -0.25) is 14.5 Å². The van der Waals surface area contributed by atoms with Gasteiger partial charge in [-0.2, -0.15) is 0 Å².